The molecule has 0 unspecified atom stereocenters. The maximum Gasteiger partial charge on any atom is 0.144 e. The SMILES string of the molecule is COc1ccc(C)cc1N=Cc1c2ccccc2cc2ccccc12. The van der Waals surface area contributed by atoms with Crippen LogP contribution in [0.3, 0.4) is 0 Å². The van der Waals surface area contributed by atoms with Crippen LogP contribution in [0, 0.1) is 6.92 Å². The summed E-state index contributed by atoms with van der Waals surface area (Å²) in [7, 11) is 1.68. The first-order valence-electron chi connectivity index (χ1n) is 8.35. The van der Waals surface area contributed by atoms with Crippen molar-refractivity contribution in [3.8, 4) is 5.75 Å². The fourth-order valence-corrected chi connectivity index (χ4v) is 3.22. The second-order valence-corrected chi connectivity index (χ2v) is 6.17. The molecule has 0 aliphatic carbocycles. The summed E-state index contributed by atoms with van der Waals surface area (Å²) < 4.78 is 5.45. The largest absolute Gasteiger partial charge is 0.494 e. The van der Waals surface area contributed by atoms with E-state index in [2.05, 4.69) is 61.5 Å². The highest BCUT2D eigenvalue weighted by atomic mass is 16.5. The second-order valence-electron chi connectivity index (χ2n) is 6.17. The van der Waals surface area contributed by atoms with Crippen LogP contribution in [0.4, 0.5) is 5.69 Å². The predicted octanol–water partition coefficient (Wildman–Crippen LogP) is 6.06. The molecule has 0 aliphatic heterocycles. The summed E-state index contributed by atoms with van der Waals surface area (Å²) in [4.78, 5) is 4.76. The third-order valence-electron chi connectivity index (χ3n) is 4.48. The standard InChI is InChI=1S/C23H19NO/c1-16-11-12-23(25-2)22(13-16)24-15-21-19-9-5-3-7-17(19)14-18-8-4-6-10-20(18)21/h3-15H,1-2H3. The van der Waals surface area contributed by atoms with Gasteiger partial charge in [0, 0.05) is 11.8 Å². The Hall–Kier alpha value is -3.13. The first kappa shape index (κ1) is 15.4. The molecule has 122 valence electrons. The second kappa shape index (κ2) is 6.40. The number of hydrogen-bond acceptors (Lipinski definition) is 2. The van der Waals surface area contributed by atoms with Gasteiger partial charge in [-0.1, -0.05) is 54.6 Å². The third kappa shape index (κ3) is 2.87. The quantitative estimate of drug-likeness (QED) is 0.331. The summed E-state index contributed by atoms with van der Waals surface area (Å²) >= 11 is 0. The highest BCUT2D eigenvalue weighted by Gasteiger charge is 2.06. The predicted molar refractivity (Wildman–Crippen MR) is 106 cm³/mol. The molecule has 0 bridgehead atoms. The van der Waals surface area contributed by atoms with Crippen LogP contribution in [0.15, 0.2) is 77.8 Å². The molecule has 2 nitrogen and oxygen atoms in total. The van der Waals surface area contributed by atoms with Crippen LogP contribution >= 0.6 is 0 Å². The van der Waals surface area contributed by atoms with Gasteiger partial charge >= 0.3 is 0 Å². The molecule has 0 amide bonds. The number of methoxy groups -OCH3 is 1. The van der Waals surface area contributed by atoms with Gasteiger partial charge < -0.3 is 4.74 Å². The summed E-state index contributed by atoms with van der Waals surface area (Å²) in [6.07, 6.45) is 1.96. The lowest BCUT2D eigenvalue weighted by molar-refractivity contribution is 0.416. The molecule has 0 fully saturated rings. The Balaban J connectivity index is 1.95. The maximum absolute atomic E-state index is 5.45. The van der Waals surface area contributed by atoms with E-state index < -0.39 is 0 Å². The first-order chi connectivity index (χ1) is 12.3. The fourth-order valence-electron chi connectivity index (χ4n) is 3.22. The van der Waals surface area contributed by atoms with Gasteiger partial charge in [0.15, 0.2) is 0 Å². The van der Waals surface area contributed by atoms with Crippen LogP contribution in [0.1, 0.15) is 11.1 Å². The molecule has 25 heavy (non-hydrogen) atoms. The van der Waals surface area contributed by atoms with Crippen molar-refractivity contribution in [1.29, 1.82) is 0 Å². The van der Waals surface area contributed by atoms with Crippen LogP contribution < -0.4 is 4.74 Å². The number of aliphatic imine (C=N–C) groups is 1. The Kier molecular flexibility index (Phi) is 3.95. The topological polar surface area (TPSA) is 21.6 Å². The van der Waals surface area contributed by atoms with Crippen LogP contribution in [0.5, 0.6) is 5.75 Å². The van der Waals surface area contributed by atoms with E-state index in [0.717, 1.165) is 22.6 Å². The highest BCUT2D eigenvalue weighted by Crippen LogP contribution is 2.31. The Bertz CT molecular complexity index is 1040. The van der Waals surface area contributed by atoms with E-state index in [1.54, 1.807) is 7.11 Å². The van der Waals surface area contributed by atoms with Gasteiger partial charge in [-0.25, -0.2) is 0 Å². The molecule has 0 saturated heterocycles. The van der Waals surface area contributed by atoms with E-state index in [4.69, 9.17) is 9.73 Å². The Morgan fingerprint density at radius 3 is 2.08 bits per heavy atom. The number of aryl methyl sites for hydroxylation is 1. The Morgan fingerprint density at radius 1 is 0.800 bits per heavy atom. The number of hydrogen-bond donors (Lipinski definition) is 0. The lowest BCUT2D eigenvalue weighted by atomic mass is 9.97. The molecule has 4 aromatic rings. The fraction of sp³-hybridized carbons (Fsp3) is 0.0870. The molecule has 0 spiro atoms. The van der Waals surface area contributed by atoms with Gasteiger partial charge in [0.05, 0.1) is 7.11 Å². The van der Waals surface area contributed by atoms with Gasteiger partial charge in [0.25, 0.3) is 0 Å². The molecule has 0 heterocycles. The Labute approximate surface area is 147 Å². The lowest BCUT2D eigenvalue weighted by Gasteiger charge is -2.09. The molecule has 0 N–H and O–H groups in total. The zero-order valence-electron chi connectivity index (χ0n) is 14.4. The van der Waals surface area contributed by atoms with Crippen molar-refractivity contribution in [3.05, 3.63) is 83.9 Å². The summed E-state index contributed by atoms with van der Waals surface area (Å²) in [5, 5.41) is 4.85. The van der Waals surface area contributed by atoms with E-state index in [9.17, 15) is 0 Å². The summed E-state index contributed by atoms with van der Waals surface area (Å²) in [6.45, 7) is 2.06. The number of nitrogens with zero attached hydrogens (tertiary/aromatic N) is 1. The lowest BCUT2D eigenvalue weighted by Crippen LogP contribution is -1.89. The molecule has 4 rings (SSSR count). The normalized spacial score (nSPS) is 11.4. The number of rotatable bonds is 3. The summed E-state index contributed by atoms with van der Waals surface area (Å²) in [5.41, 5.74) is 3.15. The zero-order chi connectivity index (χ0) is 17.2. The van der Waals surface area contributed by atoms with E-state index in [1.807, 2.05) is 24.4 Å². The number of ether oxygens (including phenoxy) is 1. The average molecular weight is 325 g/mol. The van der Waals surface area contributed by atoms with Crippen molar-refractivity contribution >= 4 is 33.4 Å². The minimum Gasteiger partial charge on any atom is -0.494 e. The van der Waals surface area contributed by atoms with Crippen molar-refractivity contribution in [1.82, 2.24) is 0 Å². The van der Waals surface area contributed by atoms with Crippen molar-refractivity contribution in [2.45, 2.75) is 6.92 Å². The summed E-state index contributed by atoms with van der Waals surface area (Å²) in [6, 6.07) is 25.1. The summed E-state index contributed by atoms with van der Waals surface area (Å²) in [5.74, 6) is 0.784. The van der Waals surface area contributed by atoms with Crippen molar-refractivity contribution in [3.63, 3.8) is 0 Å². The molecule has 0 aliphatic rings. The number of fused-ring (bicyclic) bond motifs is 2. The maximum atomic E-state index is 5.45. The van der Waals surface area contributed by atoms with E-state index >= 15 is 0 Å². The smallest absolute Gasteiger partial charge is 0.144 e. The van der Waals surface area contributed by atoms with Gasteiger partial charge in [-0.2, -0.15) is 0 Å². The third-order valence-corrected chi connectivity index (χ3v) is 4.48. The minimum atomic E-state index is 0.784. The van der Waals surface area contributed by atoms with Crippen molar-refractivity contribution < 1.29 is 4.74 Å². The van der Waals surface area contributed by atoms with E-state index in [-0.39, 0.29) is 0 Å². The molecular formula is C23H19NO. The Morgan fingerprint density at radius 2 is 1.44 bits per heavy atom. The monoisotopic (exact) mass is 325 g/mol. The minimum absolute atomic E-state index is 0.784. The van der Waals surface area contributed by atoms with Crippen LogP contribution in [0.2, 0.25) is 0 Å². The van der Waals surface area contributed by atoms with Gasteiger partial charge in [-0.05, 0) is 52.2 Å². The molecule has 0 aromatic heterocycles. The molecule has 4 aromatic carbocycles. The molecule has 0 atom stereocenters. The van der Waals surface area contributed by atoms with Crippen molar-refractivity contribution in [2.75, 3.05) is 7.11 Å². The van der Waals surface area contributed by atoms with Gasteiger partial charge in [-0.15, -0.1) is 0 Å². The van der Waals surface area contributed by atoms with Gasteiger partial charge in [0.2, 0.25) is 0 Å². The molecule has 0 radical (unpaired) electrons. The van der Waals surface area contributed by atoms with Crippen molar-refractivity contribution in [2.24, 2.45) is 4.99 Å². The van der Waals surface area contributed by atoms with Gasteiger partial charge in [0.1, 0.15) is 11.4 Å². The highest BCUT2D eigenvalue weighted by molar-refractivity contribution is 6.13. The average Bonchev–Trinajstić information content (AvgIpc) is 2.65. The molecule has 0 saturated carbocycles. The number of benzene rings is 4. The molecular weight excluding hydrogens is 306 g/mol. The van der Waals surface area contributed by atoms with Crippen LogP contribution in [-0.2, 0) is 0 Å². The zero-order valence-corrected chi connectivity index (χ0v) is 14.4. The van der Waals surface area contributed by atoms with Crippen LogP contribution in [0.25, 0.3) is 21.5 Å². The first-order valence-corrected chi connectivity index (χ1v) is 8.35. The van der Waals surface area contributed by atoms with Crippen LogP contribution in [-0.4, -0.2) is 13.3 Å². The molecule has 2 heteroatoms. The van der Waals surface area contributed by atoms with E-state index in [1.165, 1.54) is 21.5 Å². The van der Waals surface area contributed by atoms with E-state index in [0.29, 0.717) is 0 Å². The van der Waals surface area contributed by atoms with Gasteiger partial charge in [-0.3, -0.25) is 4.99 Å².